The molecule has 0 spiro atoms. The smallest absolute Gasteiger partial charge is 0.480 e. The molecule has 0 radical (unpaired) electrons. The number of carbonyl (C=O) groups is 3. The number of hydrogen-bond donors (Lipinski definition) is 7. The summed E-state index contributed by atoms with van der Waals surface area (Å²) in [6.07, 6.45) is -9.41. The standard InChI is InChI=1S/C8H18N4O3.2C2HF3O2/c1-8(2,11-7(10)12-15)4-3-5(9)6(13)14;2*3-2(4,5)1(6)7/h5,15H,3-4,9H2,1-2H3,(H,13,14)(H3,10,11,12);2*(H,6,7)/t5-;;/m0../s1. The van der Waals surface area contributed by atoms with Crippen LogP contribution in [0.5, 0.6) is 0 Å². The summed E-state index contributed by atoms with van der Waals surface area (Å²) in [5.74, 6) is -6.66. The van der Waals surface area contributed by atoms with E-state index in [1.807, 2.05) is 0 Å². The highest BCUT2D eigenvalue weighted by Crippen LogP contribution is 2.17. The van der Waals surface area contributed by atoms with E-state index in [-0.39, 0.29) is 5.96 Å². The van der Waals surface area contributed by atoms with Crippen molar-refractivity contribution in [2.75, 3.05) is 0 Å². The topological polar surface area (TPSA) is 209 Å². The predicted octanol–water partition coefficient (Wildman–Crippen LogP) is 0.517. The van der Waals surface area contributed by atoms with E-state index in [2.05, 4.69) is 4.99 Å². The summed E-state index contributed by atoms with van der Waals surface area (Å²) in [5.41, 5.74) is 11.8. The molecule has 0 aromatic heterocycles. The minimum absolute atomic E-state index is 0.108. The first-order valence-electron chi connectivity index (χ1n) is 7.01. The summed E-state index contributed by atoms with van der Waals surface area (Å²) >= 11 is 0. The van der Waals surface area contributed by atoms with E-state index in [4.69, 9.17) is 41.6 Å². The van der Waals surface area contributed by atoms with E-state index in [1.165, 1.54) is 0 Å². The van der Waals surface area contributed by atoms with Gasteiger partial charge in [0.05, 0.1) is 5.54 Å². The van der Waals surface area contributed by atoms with E-state index >= 15 is 0 Å². The Morgan fingerprint density at radius 3 is 1.48 bits per heavy atom. The van der Waals surface area contributed by atoms with Crippen LogP contribution in [0.25, 0.3) is 0 Å². The highest BCUT2D eigenvalue weighted by molar-refractivity contribution is 5.77. The molecule has 0 fully saturated rings. The van der Waals surface area contributed by atoms with Gasteiger partial charge in [-0.1, -0.05) is 0 Å². The third-order valence-corrected chi connectivity index (χ3v) is 2.41. The molecular formula is C12H20F6N4O7. The minimum atomic E-state index is -5.08. The van der Waals surface area contributed by atoms with Crippen molar-refractivity contribution in [3.8, 4) is 0 Å². The largest absolute Gasteiger partial charge is 0.490 e. The molecule has 0 saturated heterocycles. The van der Waals surface area contributed by atoms with Crippen molar-refractivity contribution in [2.45, 2.75) is 50.6 Å². The third-order valence-electron chi connectivity index (χ3n) is 2.41. The van der Waals surface area contributed by atoms with Crippen molar-refractivity contribution in [3.63, 3.8) is 0 Å². The van der Waals surface area contributed by atoms with E-state index in [0.717, 1.165) is 0 Å². The Morgan fingerprint density at radius 1 is 0.966 bits per heavy atom. The van der Waals surface area contributed by atoms with Gasteiger partial charge >= 0.3 is 30.3 Å². The fourth-order valence-electron chi connectivity index (χ4n) is 1.04. The molecule has 11 nitrogen and oxygen atoms in total. The lowest BCUT2D eigenvalue weighted by Gasteiger charge is -2.21. The Hall–Kier alpha value is -2.82. The molecule has 0 rings (SSSR count). The summed E-state index contributed by atoms with van der Waals surface area (Å²) < 4.78 is 63.5. The van der Waals surface area contributed by atoms with E-state index in [1.54, 1.807) is 19.3 Å². The molecule has 0 aliphatic heterocycles. The maximum atomic E-state index is 10.6. The van der Waals surface area contributed by atoms with Gasteiger partial charge in [-0.2, -0.15) is 26.3 Å². The molecular weight excluding hydrogens is 426 g/mol. The quantitative estimate of drug-likeness (QED) is 0.135. The Labute approximate surface area is 158 Å². The molecule has 172 valence electrons. The van der Waals surface area contributed by atoms with Crippen LogP contribution < -0.4 is 16.9 Å². The second-order valence-corrected chi connectivity index (χ2v) is 5.51. The molecule has 0 unspecified atom stereocenters. The van der Waals surface area contributed by atoms with Gasteiger partial charge in [-0.05, 0) is 26.7 Å². The second-order valence-electron chi connectivity index (χ2n) is 5.51. The lowest BCUT2D eigenvalue weighted by molar-refractivity contribution is -0.193. The lowest BCUT2D eigenvalue weighted by Crippen LogP contribution is -2.35. The number of nitrogens with zero attached hydrogens (tertiary/aromatic N) is 1. The number of guanidine groups is 1. The first-order chi connectivity index (χ1) is 12.7. The van der Waals surface area contributed by atoms with Gasteiger partial charge in [0.2, 0.25) is 5.96 Å². The van der Waals surface area contributed by atoms with Crippen molar-refractivity contribution in [2.24, 2.45) is 16.5 Å². The van der Waals surface area contributed by atoms with E-state index in [0.29, 0.717) is 12.8 Å². The molecule has 29 heavy (non-hydrogen) atoms. The zero-order chi connectivity index (χ0) is 24.2. The Bertz CT molecular complexity index is 554. The van der Waals surface area contributed by atoms with Gasteiger partial charge in [0.15, 0.2) is 0 Å². The number of alkyl halides is 6. The maximum Gasteiger partial charge on any atom is 0.490 e. The van der Waals surface area contributed by atoms with Crippen molar-refractivity contribution >= 4 is 23.9 Å². The van der Waals surface area contributed by atoms with Crippen LogP contribution in [0.2, 0.25) is 0 Å². The Morgan fingerprint density at radius 2 is 1.28 bits per heavy atom. The molecule has 9 N–H and O–H groups in total. The summed E-state index contributed by atoms with van der Waals surface area (Å²) in [5, 5.41) is 31.3. The predicted molar refractivity (Wildman–Crippen MR) is 82.9 cm³/mol. The Balaban J connectivity index is -0.000000402. The maximum absolute atomic E-state index is 10.6. The zero-order valence-electron chi connectivity index (χ0n) is 14.9. The average Bonchev–Trinajstić information content (AvgIpc) is 2.51. The first-order valence-corrected chi connectivity index (χ1v) is 7.01. The van der Waals surface area contributed by atoms with Gasteiger partial charge in [-0.25, -0.2) is 20.1 Å². The molecule has 0 bridgehead atoms. The monoisotopic (exact) mass is 446 g/mol. The highest BCUT2D eigenvalue weighted by Gasteiger charge is 2.38. The molecule has 0 aromatic carbocycles. The molecule has 0 saturated carbocycles. The number of aliphatic imine (C=N–C) groups is 1. The number of rotatable bonds is 5. The minimum Gasteiger partial charge on any atom is -0.480 e. The normalized spacial score (nSPS) is 13.1. The van der Waals surface area contributed by atoms with Gasteiger partial charge < -0.3 is 26.8 Å². The van der Waals surface area contributed by atoms with Crippen LogP contribution in [0.4, 0.5) is 26.3 Å². The number of hydrogen-bond acceptors (Lipinski definition) is 6. The van der Waals surface area contributed by atoms with Gasteiger partial charge in [-0.15, -0.1) is 0 Å². The zero-order valence-corrected chi connectivity index (χ0v) is 14.9. The molecule has 0 aliphatic carbocycles. The number of nitrogens with one attached hydrogen (secondary N) is 1. The van der Waals surface area contributed by atoms with E-state index in [9.17, 15) is 31.1 Å². The van der Waals surface area contributed by atoms with Crippen molar-refractivity contribution in [1.82, 2.24) is 5.48 Å². The number of nitrogens with two attached hydrogens (primary N) is 2. The molecule has 0 aliphatic rings. The van der Waals surface area contributed by atoms with Gasteiger partial charge in [0, 0.05) is 0 Å². The van der Waals surface area contributed by atoms with E-state index < -0.39 is 41.8 Å². The lowest BCUT2D eigenvalue weighted by atomic mass is 9.96. The number of carboxylic acid groups (broad SMARTS) is 3. The fraction of sp³-hybridized carbons (Fsp3) is 0.667. The Kier molecular flexibility index (Phi) is 13.4. The van der Waals surface area contributed by atoms with Gasteiger partial charge in [-0.3, -0.25) is 10.0 Å². The van der Waals surface area contributed by atoms with Crippen LogP contribution in [0.15, 0.2) is 4.99 Å². The van der Waals surface area contributed by atoms with Crippen molar-refractivity contribution in [3.05, 3.63) is 0 Å². The summed E-state index contributed by atoms with van der Waals surface area (Å²) in [6.45, 7) is 3.54. The number of aliphatic carboxylic acids is 3. The van der Waals surface area contributed by atoms with Crippen molar-refractivity contribution < 1.29 is 61.3 Å². The molecule has 0 aromatic rings. The number of carboxylic acids is 3. The van der Waals surface area contributed by atoms with Crippen LogP contribution >= 0.6 is 0 Å². The van der Waals surface area contributed by atoms with Gasteiger partial charge in [0.25, 0.3) is 0 Å². The first kappa shape index (κ1) is 30.9. The summed E-state index contributed by atoms with van der Waals surface area (Å²) in [6, 6.07) is -0.900. The molecule has 17 heteroatoms. The number of halogens is 6. The van der Waals surface area contributed by atoms with Crippen LogP contribution in [-0.2, 0) is 14.4 Å². The summed E-state index contributed by atoms with van der Waals surface area (Å²) in [4.78, 5) is 32.2. The molecule has 1 atom stereocenters. The van der Waals surface area contributed by atoms with Gasteiger partial charge in [0.1, 0.15) is 6.04 Å². The second kappa shape index (κ2) is 12.6. The third kappa shape index (κ3) is 19.7. The number of hydroxylamine groups is 1. The average molecular weight is 446 g/mol. The van der Waals surface area contributed by atoms with Crippen LogP contribution in [0, 0.1) is 0 Å². The van der Waals surface area contributed by atoms with Crippen LogP contribution in [0.3, 0.4) is 0 Å². The summed E-state index contributed by atoms with van der Waals surface area (Å²) in [7, 11) is 0. The van der Waals surface area contributed by atoms with Crippen LogP contribution in [0.1, 0.15) is 26.7 Å². The highest BCUT2D eigenvalue weighted by atomic mass is 19.4. The fourth-order valence-corrected chi connectivity index (χ4v) is 1.04. The van der Waals surface area contributed by atoms with Crippen LogP contribution in [-0.4, -0.2) is 68.3 Å². The van der Waals surface area contributed by atoms with Crippen molar-refractivity contribution in [1.29, 1.82) is 0 Å². The molecule has 0 heterocycles. The SMILES string of the molecule is CC(C)(CC[C@H](N)C(=O)O)N=C(N)NO.O=C(O)C(F)(F)F.O=C(O)C(F)(F)F. The molecule has 0 amide bonds.